The van der Waals surface area contributed by atoms with Crippen LogP contribution in [0.1, 0.15) is 17.0 Å². The number of hydrogen-bond acceptors (Lipinski definition) is 5. The second-order valence-corrected chi connectivity index (χ2v) is 8.76. The zero-order valence-corrected chi connectivity index (χ0v) is 16.2. The van der Waals surface area contributed by atoms with Gasteiger partial charge in [0.2, 0.25) is 0 Å². The molecular formula is C20H17N3O2S2. The second kappa shape index (κ2) is 5.64. The van der Waals surface area contributed by atoms with Gasteiger partial charge in [0.25, 0.3) is 11.1 Å². The van der Waals surface area contributed by atoms with Crippen LogP contribution >= 0.6 is 24.0 Å². The third-order valence-corrected chi connectivity index (χ3v) is 7.91. The molecular weight excluding hydrogens is 378 g/mol. The molecule has 0 saturated carbocycles. The Labute approximate surface area is 166 Å². The fraction of sp³-hybridized carbons (Fsp3) is 0.250. The van der Waals surface area contributed by atoms with Gasteiger partial charge in [0.1, 0.15) is 9.74 Å². The minimum atomic E-state index is -1.04. The Hall–Kier alpha value is -2.22. The van der Waals surface area contributed by atoms with Crippen molar-refractivity contribution in [2.75, 3.05) is 18.9 Å². The molecule has 2 saturated heterocycles. The topological polar surface area (TPSA) is 61.4 Å². The molecule has 2 N–H and O–H groups in total. The molecule has 3 aliphatic rings. The van der Waals surface area contributed by atoms with E-state index >= 15 is 0 Å². The number of amides is 2. The third kappa shape index (κ3) is 1.91. The zero-order chi connectivity index (χ0) is 18.8. The Kier molecular flexibility index (Phi) is 3.53. The van der Waals surface area contributed by atoms with E-state index in [2.05, 4.69) is 15.5 Å². The van der Waals surface area contributed by atoms with Gasteiger partial charge in [-0.2, -0.15) is 0 Å². The zero-order valence-electron chi connectivity index (χ0n) is 14.6. The molecule has 2 fully saturated rings. The molecule has 7 heteroatoms. The van der Waals surface area contributed by atoms with Crippen molar-refractivity contribution in [2.24, 2.45) is 0 Å². The van der Waals surface area contributed by atoms with Crippen LogP contribution in [-0.2, 0) is 10.3 Å². The average Bonchev–Trinajstić information content (AvgIpc) is 3.23. The smallest absolute Gasteiger partial charge is 0.284 e. The molecule has 27 heavy (non-hydrogen) atoms. The van der Waals surface area contributed by atoms with Crippen molar-refractivity contribution in [3.63, 3.8) is 0 Å². The van der Waals surface area contributed by atoms with E-state index in [4.69, 9.17) is 12.2 Å². The summed E-state index contributed by atoms with van der Waals surface area (Å²) in [5.41, 5.74) is 1.70. The number of nitrogens with zero attached hydrogens (tertiary/aromatic N) is 1. The summed E-state index contributed by atoms with van der Waals surface area (Å²) in [7, 11) is 1.94. The van der Waals surface area contributed by atoms with E-state index in [-0.39, 0.29) is 17.1 Å². The molecule has 3 atom stereocenters. The highest BCUT2D eigenvalue weighted by Crippen LogP contribution is 2.64. The average molecular weight is 396 g/mol. The van der Waals surface area contributed by atoms with Crippen LogP contribution in [0.15, 0.2) is 54.6 Å². The van der Waals surface area contributed by atoms with Crippen LogP contribution < -0.4 is 10.6 Å². The lowest BCUT2D eigenvalue weighted by Crippen LogP contribution is -2.61. The Morgan fingerprint density at radius 3 is 2.48 bits per heavy atom. The second-order valence-electron chi connectivity index (χ2n) is 7.13. The maximum Gasteiger partial charge on any atom is 0.284 e. The monoisotopic (exact) mass is 395 g/mol. The largest absolute Gasteiger partial charge is 0.324 e. The summed E-state index contributed by atoms with van der Waals surface area (Å²) in [4.78, 5) is 28.5. The number of likely N-dealkylation sites (tertiary alicyclic amines) is 1. The molecule has 2 spiro atoms. The number of anilines is 1. The van der Waals surface area contributed by atoms with Crippen molar-refractivity contribution >= 4 is 45.8 Å². The number of nitrogens with one attached hydrogen (secondary N) is 2. The lowest BCUT2D eigenvalue weighted by atomic mass is 9.72. The normalized spacial score (nSPS) is 32.2. The standard InChI is InChI=1S/C20H17N3O2S2/c1-23-11-14(12-7-3-2-4-8-12)20(17(26)22-18(25)27-20)19(23)13-9-5-6-10-15(13)21-16(19)24/h2-10,14H,11H2,1H3,(H,21,24)(H,22,25,26)/t14-,19+,20-/m1/s1. The van der Waals surface area contributed by atoms with Gasteiger partial charge in [-0.15, -0.1) is 0 Å². The molecule has 3 heterocycles. The van der Waals surface area contributed by atoms with E-state index in [0.29, 0.717) is 11.5 Å². The van der Waals surface area contributed by atoms with Crippen LogP contribution in [0.4, 0.5) is 10.5 Å². The maximum atomic E-state index is 13.5. The molecule has 2 amide bonds. The van der Waals surface area contributed by atoms with E-state index in [1.54, 1.807) is 0 Å². The van der Waals surface area contributed by atoms with Gasteiger partial charge in [-0.3, -0.25) is 14.5 Å². The first-order valence-electron chi connectivity index (χ1n) is 8.73. The van der Waals surface area contributed by atoms with Crippen molar-refractivity contribution in [3.05, 3.63) is 65.7 Å². The Bertz CT molecular complexity index is 996. The van der Waals surface area contributed by atoms with Gasteiger partial charge in [0.05, 0.1) is 0 Å². The maximum absolute atomic E-state index is 13.5. The lowest BCUT2D eigenvalue weighted by Gasteiger charge is -2.42. The number of rotatable bonds is 1. The molecule has 3 aliphatic heterocycles. The van der Waals surface area contributed by atoms with Gasteiger partial charge in [-0.25, -0.2) is 0 Å². The highest BCUT2D eigenvalue weighted by molar-refractivity contribution is 8.17. The summed E-state index contributed by atoms with van der Waals surface area (Å²) >= 11 is 6.89. The fourth-order valence-corrected chi connectivity index (χ4v) is 6.98. The summed E-state index contributed by atoms with van der Waals surface area (Å²) in [6.07, 6.45) is 0. The number of benzene rings is 2. The molecule has 136 valence electrons. The molecule has 5 nitrogen and oxygen atoms in total. The number of carbonyl (C=O) groups is 2. The van der Waals surface area contributed by atoms with Crippen LogP contribution in [-0.4, -0.2) is 39.4 Å². The number of carbonyl (C=O) groups excluding carboxylic acids is 2. The summed E-state index contributed by atoms with van der Waals surface area (Å²) < 4.78 is -0.897. The first-order chi connectivity index (χ1) is 13.0. The molecule has 5 rings (SSSR count). The summed E-state index contributed by atoms with van der Waals surface area (Å²) in [5, 5.41) is 5.65. The van der Waals surface area contributed by atoms with Gasteiger partial charge in [0.15, 0.2) is 5.54 Å². The lowest BCUT2D eigenvalue weighted by molar-refractivity contribution is -0.125. The SMILES string of the molecule is CN1C[C@H](c2ccccc2)[C@]2(SC(=O)NC2=S)[C@]12C(=O)Nc1ccccc12. The number of hydrogen-bond donors (Lipinski definition) is 2. The highest BCUT2D eigenvalue weighted by atomic mass is 32.2. The van der Waals surface area contributed by atoms with Gasteiger partial charge < -0.3 is 10.6 Å². The molecule has 2 aromatic rings. The van der Waals surface area contributed by atoms with E-state index in [1.807, 2.05) is 61.6 Å². The predicted molar refractivity (Wildman–Crippen MR) is 110 cm³/mol. The van der Waals surface area contributed by atoms with E-state index < -0.39 is 10.3 Å². The van der Waals surface area contributed by atoms with Gasteiger partial charge >= 0.3 is 0 Å². The predicted octanol–water partition coefficient (Wildman–Crippen LogP) is 3.09. The van der Waals surface area contributed by atoms with Gasteiger partial charge in [-0.05, 0) is 30.4 Å². The Morgan fingerprint density at radius 1 is 1.07 bits per heavy atom. The van der Waals surface area contributed by atoms with Crippen molar-refractivity contribution in [1.82, 2.24) is 10.2 Å². The molecule has 0 radical (unpaired) electrons. The molecule has 0 aromatic heterocycles. The molecule has 0 aliphatic carbocycles. The molecule has 2 aromatic carbocycles. The van der Waals surface area contributed by atoms with Crippen molar-refractivity contribution in [1.29, 1.82) is 0 Å². The van der Waals surface area contributed by atoms with E-state index in [1.165, 1.54) is 0 Å². The number of thiocarbonyl (C=S) groups is 1. The van der Waals surface area contributed by atoms with Crippen LogP contribution in [0.5, 0.6) is 0 Å². The molecule has 0 bridgehead atoms. The summed E-state index contributed by atoms with van der Waals surface area (Å²) in [5.74, 6) is -0.229. The van der Waals surface area contributed by atoms with Crippen molar-refractivity contribution in [3.8, 4) is 0 Å². The van der Waals surface area contributed by atoms with Gasteiger partial charge in [-0.1, -0.05) is 60.7 Å². The number of likely N-dealkylation sites (N-methyl/N-ethyl adjacent to an activating group) is 1. The fourth-order valence-electron chi connectivity index (χ4n) is 4.96. The summed E-state index contributed by atoms with van der Waals surface area (Å²) in [6.45, 7) is 0.619. The first kappa shape index (κ1) is 16.9. The number of fused-ring (bicyclic) bond motifs is 3. The van der Waals surface area contributed by atoms with Crippen molar-refractivity contribution in [2.45, 2.75) is 16.2 Å². The van der Waals surface area contributed by atoms with Crippen LogP contribution in [0.3, 0.4) is 0 Å². The van der Waals surface area contributed by atoms with E-state index in [0.717, 1.165) is 28.6 Å². The van der Waals surface area contributed by atoms with Gasteiger partial charge in [0, 0.05) is 23.7 Å². The number of thioether (sulfide) groups is 1. The van der Waals surface area contributed by atoms with Crippen LogP contribution in [0, 0.1) is 0 Å². The quantitative estimate of drug-likeness (QED) is 0.727. The van der Waals surface area contributed by atoms with Crippen molar-refractivity contribution < 1.29 is 9.59 Å². The minimum Gasteiger partial charge on any atom is -0.324 e. The highest BCUT2D eigenvalue weighted by Gasteiger charge is 2.75. The Balaban J connectivity index is 1.83. The Morgan fingerprint density at radius 2 is 1.78 bits per heavy atom. The minimum absolute atomic E-state index is 0.0999. The third-order valence-electron chi connectivity index (χ3n) is 5.96. The summed E-state index contributed by atoms with van der Waals surface area (Å²) in [6, 6.07) is 17.7. The van der Waals surface area contributed by atoms with Crippen LogP contribution in [0.2, 0.25) is 0 Å². The van der Waals surface area contributed by atoms with E-state index in [9.17, 15) is 9.59 Å². The number of para-hydroxylation sites is 1. The first-order valence-corrected chi connectivity index (χ1v) is 9.96. The van der Waals surface area contributed by atoms with Crippen LogP contribution in [0.25, 0.3) is 0 Å². The molecule has 0 unspecified atom stereocenters.